The van der Waals surface area contributed by atoms with E-state index in [1.165, 1.54) is 19.3 Å². The molecule has 1 aliphatic rings. The lowest BCUT2D eigenvalue weighted by Gasteiger charge is -2.30. The summed E-state index contributed by atoms with van der Waals surface area (Å²) in [6.07, 6.45) is 5.01. The highest BCUT2D eigenvalue weighted by Crippen LogP contribution is 2.26. The van der Waals surface area contributed by atoms with E-state index in [1.54, 1.807) is 6.92 Å². The van der Waals surface area contributed by atoms with Crippen molar-refractivity contribution in [1.29, 1.82) is 0 Å². The van der Waals surface area contributed by atoms with Crippen LogP contribution < -0.4 is 5.73 Å². The summed E-state index contributed by atoms with van der Waals surface area (Å²) in [5, 5.41) is 3.73. The molecule has 2 rings (SSSR count). The first-order valence-corrected chi connectivity index (χ1v) is 5.90. The molecule has 1 aromatic rings. The van der Waals surface area contributed by atoms with E-state index in [1.807, 2.05) is 0 Å². The number of hydrogen-bond donors (Lipinski definition) is 1. The number of hydrogen-bond acceptors (Lipinski definition) is 5. The molecule has 0 spiro atoms. The molecule has 0 bridgehead atoms. The molecule has 1 heterocycles. The Balaban J connectivity index is 1.84. The molecule has 16 heavy (non-hydrogen) atoms. The third-order valence-corrected chi connectivity index (χ3v) is 3.13. The SMILES string of the molecule is Cc1noc(COC2CCCCC2CN)n1. The standard InChI is InChI=1S/C11H19N3O2/c1-8-13-11(16-14-8)7-15-10-5-3-2-4-9(10)6-12/h9-10H,2-7,12H2,1H3. The Labute approximate surface area is 95.3 Å². The molecule has 90 valence electrons. The maximum absolute atomic E-state index is 5.81. The van der Waals surface area contributed by atoms with Crippen LogP contribution in [0.25, 0.3) is 0 Å². The molecule has 0 radical (unpaired) electrons. The van der Waals surface area contributed by atoms with Crippen LogP contribution in [0.4, 0.5) is 0 Å². The molecule has 2 atom stereocenters. The van der Waals surface area contributed by atoms with Crippen LogP contribution in [-0.2, 0) is 11.3 Å². The third-order valence-electron chi connectivity index (χ3n) is 3.13. The van der Waals surface area contributed by atoms with Crippen LogP contribution >= 0.6 is 0 Å². The molecule has 0 amide bonds. The maximum atomic E-state index is 5.81. The Morgan fingerprint density at radius 2 is 2.25 bits per heavy atom. The molecular weight excluding hydrogens is 206 g/mol. The Morgan fingerprint density at radius 3 is 2.94 bits per heavy atom. The molecule has 1 aromatic heterocycles. The topological polar surface area (TPSA) is 74.2 Å². The highest BCUT2D eigenvalue weighted by Gasteiger charge is 2.25. The van der Waals surface area contributed by atoms with Gasteiger partial charge in [0.1, 0.15) is 6.61 Å². The van der Waals surface area contributed by atoms with Gasteiger partial charge in [0.25, 0.3) is 5.89 Å². The summed E-state index contributed by atoms with van der Waals surface area (Å²) in [5.74, 6) is 1.69. The van der Waals surface area contributed by atoms with Crippen molar-refractivity contribution in [3.8, 4) is 0 Å². The largest absolute Gasteiger partial charge is 0.368 e. The van der Waals surface area contributed by atoms with Crippen LogP contribution in [0.2, 0.25) is 0 Å². The first kappa shape index (κ1) is 11.5. The molecule has 5 heteroatoms. The number of nitrogens with two attached hydrogens (primary N) is 1. The van der Waals surface area contributed by atoms with Crippen LogP contribution in [0.3, 0.4) is 0 Å². The van der Waals surface area contributed by atoms with Gasteiger partial charge in [-0.05, 0) is 32.2 Å². The normalized spacial score (nSPS) is 25.9. The predicted molar refractivity (Wildman–Crippen MR) is 58.6 cm³/mol. The van der Waals surface area contributed by atoms with E-state index < -0.39 is 0 Å². The second kappa shape index (κ2) is 5.41. The molecule has 2 unspecified atom stereocenters. The van der Waals surface area contributed by atoms with Crippen molar-refractivity contribution in [3.63, 3.8) is 0 Å². The fourth-order valence-corrected chi connectivity index (χ4v) is 2.24. The van der Waals surface area contributed by atoms with Crippen LogP contribution in [0.1, 0.15) is 37.4 Å². The van der Waals surface area contributed by atoms with Gasteiger partial charge < -0.3 is 15.0 Å². The summed E-state index contributed by atoms with van der Waals surface area (Å²) in [5.41, 5.74) is 5.74. The summed E-state index contributed by atoms with van der Waals surface area (Å²) in [7, 11) is 0. The highest BCUT2D eigenvalue weighted by molar-refractivity contribution is 4.82. The van der Waals surface area contributed by atoms with Crippen molar-refractivity contribution in [1.82, 2.24) is 10.1 Å². The Kier molecular flexibility index (Phi) is 3.90. The fourth-order valence-electron chi connectivity index (χ4n) is 2.24. The van der Waals surface area contributed by atoms with Gasteiger partial charge in [-0.2, -0.15) is 4.98 Å². The van der Waals surface area contributed by atoms with E-state index in [4.69, 9.17) is 15.0 Å². The van der Waals surface area contributed by atoms with Gasteiger partial charge in [0.15, 0.2) is 5.82 Å². The minimum atomic E-state index is 0.256. The van der Waals surface area contributed by atoms with Gasteiger partial charge in [-0.3, -0.25) is 0 Å². The molecule has 2 N–H and O–H groups in total. The smallest absolute Gasteiger partial charge is 0.252 e. The number of rotatable bonds is 4. The minimum Gasteiger partial charge on any atom is -0.368 e. The number of nitrogens with zero attached hydrogens (tertiary/aromatic N) is 2. The van der Waals surface area contributed by atoms with Crippen LogP contribution in [0, 0.1) is 12.8 Å². The first-order chi connectivity index (χ1) is 7.79. The zero-order valence-corrected chi connectivity index (χ0v) is 9.69. The van der Waals surface area contributed by atoms with Crippen molar-refractivity contribution >= 4 is 0 Å². The second-order valence-electron chi connectivity index (χ2n) is 4.37. The molecule has 1 saturated carbocycles. The van der Waals surface area contributed by atoms with Gasteiger partial charge in [-0.25, -0.2) is 0 Å². The van der Waals surface area contributed by atoms with Crippen LogP contribution in [-0.4, -0.2) is 22.8 Å². The molecule has 0 aromatic carbocycles. The lowest BCUT2D eigenvalue weighted by Crippen LogP contribution is -2.33. The van der Waals surface area contributed by atoms with Gasteiger partial charge in [0.05, 0.1) is 6.10 Å². The van der Waals surface area contributed by atoms with E-state index >= 15 is 0 Å². The third kappa shape index (κ3) is 2.80. The quantitative estimate of drug-likeness (QED) is 0.838. The zero-order chi connectivity index (χ0) is 11.4. The lowest BCUT2D eigenvalue weighted by atomic mass is 9.86. The summed E-state index contributed by atoms with van der Waals surface area (Å²) < 4.78 is 10.8. The lowest BCUT2D eigenvalue weighted by molar-refractivity contribution is -0.0278. The van der Waals surface area contributed by atoms with Crippen molar-refractivity contribution in [3.05, 3.63) is 11.7 Å². The van der Waals surface area contributed by atoms with Crippen LogP contribution in [0.5, 0.6) is 0 Å². The monoisotopic (exact) mass is 225 g/mol. The Hall–Kier alpha value is -0.940. The Bertz CT molecular complexity index is 327. The van der Waals surface area contributed by atoms with Gasteiger partial charge in [0, 0.05) is 0 Å². The molecule has 0 saturated heterocycles. The van der Waals surface area contributed by atoms with Crippen LogP contribution in [0.15, 0.2) is 4.52 Å². The summed E-state index contributed by atoms with van der Waals surface area (Å²) in [6, 6.07) is 0. The van der Waals surface area contributed by atoms with Gasteiger partial charge in [-0.15, -0.1) is 0 Å². The number of ether oxygens (including phenoxy) is 1. The number of aryl methyl sites for hydroxylation is 1. The first-order valence-electron chi connectivity index (χ1n) is 5.90. The van der Waals surface area contributed by atoms with E-state index in [9.17, 15) is 0 Å². The van der Waals surface area contributed by atoms with Gasteiger partial charge in [0.2, 0.25) is 0 Å². The fraction of sp³-hybridized carbons (Fsp3) is 0.818. The zero-order valence-electron chi connectivity index (χ0n) is 9.69. The van der Waals surface area contributed by atoms with Gasteiger partial charge >= 0.3 is 0 Å². The average Bonchev–Trinajstić information content (AvgIpc) is 2.73. The van der Waals surface area contributed by atoms with E-state index in [0.29, 0.717) is 30.8 Å². The summed E-state index contributed by atoms with van der Waals surface area (Å²) >= 11 is 0. The van der Waals surface area contributed by atoms with E-state index in [2.05, 4.69) is 10.1 Å². The minimum absolute atomic E-state index is 0.256. The molecule has 0 aliphatic heterocycles. The average molecular weight is 225 g/mol. The number of aromatic nitrogens is 2. The molecule has 1 fully saturated rings. The van der Waals surface area contributed by atoms with Crippen molar-refractivity contribution < 1.29 is 9.26 Å². The predicted octanol–water partition coefficient (Wildman–Crippen LogP) is 1.41. The molecule has 1 aliphatic carbocycles. The van der Waals surface area contributed by atoms with Crippen molar-refractivity contribution in [2.75, 3.05) is 6.54 Å². The molecule has 5 nitrogen and oxygen atoms in total. The Morgan fingerprint density at radius 1 is 1.44 bits per heavy atom. The summed E-state index contributed by atoms with van der Waals surface area (Å²) in [4.78, 5) is 4.11. The summed E-state index contributed by atoms with van der Waals surface area (Å²) in [6.45, 7) is 2.91. The maximum Gasteiger partial charge on any atom is 0.252 e. The second-order valence-corrected chi connectivity index (χ2v) is 4.37. The van der Waals surface area contributed by atoms with E-state index in [-0.39, 0.29) is 6.10 Å². The molecular formula is C11H19N3O2. The highest BCUT2D eigenvalue weighted by atomic mass is 16.5. The van der Waals surface area contributed by atoms with E-state index in [0.717, 1.165) is 6.42 Å². The van der Waals surface area contributed by atoms with Gasteiger partial charge in [-0.1, -0.05) is 18.0 Å². The van der Waals surface area contributed by atoms with Crippen molar-refractivity contribution in [2.45, 2.75) is 45.3 Å². The van der Waals surface area contributed by atoms with Crippen molar-refractivity contribution in [2.24, 2.45) is 11.7 Å².